The smallest absolute Gasteiger partial charge is 0.0713 e. The van der Waals surface area contributed by atoms with E-state index in [9.17, 15) is 0 Å². The Labute approximate surface area is 183 Å². The van der Waals surface area contributed by atoms with Crippen molar-refractivity contribution in [1.82, 2.24) is 0 Å². The van der Waals surface area contributed by atoms with Crippen molar-refractivity contribution in [3.8, 4) is 11.1 Å². The van der Waals surface area contributed by atoms with Crippen molar-refractivity contribution in [3.63, 3.8) is 0 Å². The molecule has 0 bridgehead atoms. The molecule has 0 nitrogen and oxygen atoms in total. The van der Waals surface area contributed by atoms with E-state index in [1.54, 1.807) is 0 Å². The van der Waals surface area contributed by atoms with Gasteiger partial charge < -0.3 is 0 Å². The highest BCUT2D eigenvalue weighted by molar-refractivity contribution is 5.86. The van der Waals surface area contributed by atoms with Crippen LogP contribution in [0.3, 0.4) is 0 Å². The van der Waals surface area contributed by atoms with Crippen molar-refractivity contribution in [2.75, 3.05) is 0 Å². The highest BCUT2D eigenvalue weighted by Crippen LogP contribution is 2.55. The lowest BCUT2D eigenvalue weighted by atomic mass is 9.68. The number of hydrogen-bond acceptors (Lipinski definition) is 0. The Morgan fingerprint density at radius 1 is 0.400 bits per heavy atom. The first-order valence-corrected chi connectivity index (χ1v) is 10.7. The van der Waals surface area contributed by atoms with Crippen molar-refractivity contribution in [1.29, 1.82) is 0 Å². The summed E-state index contributed by atoms with van der Waals surface area (Å²) in [4.78, 5) is 0. The monoisotopic (exact) mass is 394 g/mol. The quantitative estimate of drug-likeness (QED) is 0.281. The third kappa shape index (κ3) is 3.59. The van der Waals surface area contributed by atoms with Crippen LogP contribution in [0.4, 0.5) is 0 Å². The summed E-state index contributed by atoms with van der Waals surface area (Å²) in [5.74, 6) is 0. The van der Waals surface area contributed by atoms with Crippen LogP contribution in [0.2, 0.25) is 0 Å². The lowest BCUT2D eigenvalue weighted by Crippen LogP contribution is -2.28. The van der Waals surface area contributed by atoms with Crippen molar-refractivity contribution in [3.05, 3.63) is 131 Å². The van der Waals surface area contributed by atoms with Crippen LogP contribution >= 0.6 is 0 Å². The van der Waals surface area contributed by atoms with E-state index < -0.39 is 0 Å². The minimum absolute atomic E-state index is 0. The van der Waals surface area contributed by atoms with Gasteiger partial charge in [0.1, 0.15) is 0 Å². The Morgan fingerprint density at radius 3 is 1.07 bits per heavy atom. The number of hydrogen-bond donors (Lipinski definition) is 0. The van der Waals surface area contributed by atoms with E-state index in [1.807, 2.05) is 27.7 Å². The van der Waals surface area contributed by atoms with Gasteiger partial charge in [-0.15, -0.1) is 0 Å². The molecule has 0 heterocycles. The van der Waals surface area contributed by atoms with Gasteiger partial charge in [0.25, 0.3) is 0 Å². The molecule has 0 amide bonds. The van der Waals surface area contributed by atoms with Crippen LogP contribution in [0, 0.1) is 0 Å². The second-order valence-corrected chi connectivity index (χ2v) is 6.57. The number of rotatable bonds is 2. The molecular weight excluding hydrogens is 360 g/mol. The second-order valence-electron chi connectivity index (χ2n) is 6.57. The van der Waals surface area contributed by atoms with Crippen LogP contribution in [-0.4, -0.2) is 0 Å². The van der Waals surface area contributed by atoms with Gasteiger partial charge in [0.05, 0.1) is 5.41 Å². The number of fused-ring (bicyclic) bond motifs is 3. The fourth-order valence-electron chi connectivity index (χ4n) is 4.40. The Balaban J connectivity index is 0.000000607. The summed E-state index contributed by atoms with van der Waals surface area (Å²) in [6, 6.07) is 39.5. The Hall–Kier alpha value is -3.12. The van der Waals surface area contributed by atoms with Crippen LogP contribution in [-0.2, 0) is 5.41 Å². The molecule has 0 fully saturated rings. The SMILES string of the molecule is C.CC.CC.c1ccc(C2(c3ccccc3)c3ccccc3-c3ccccc32)cc1. The van der Waals surface area contributed by atoms with Gasteiger partial charge in [0, 0.05) is 0 Å². The fraction of sp³-hybridized carbons (Fsp3) is 0.200. The van der Waals surface area contributed by atoms with E-state index in [-0.39, 0.29) is 12.8 Å². The Bertz CT molecular complexity index is 943. The van der Waals surface area contributed by atoms with Crippen molar-refractivity contribution in [2.24, 2.45) is 0 Å². The molecule has 0 atom stereocenters. The predicted octanol–water partition coefficient (Wildman–Crippen LogP) is 8.74. The fourth-order valence-corrected chi connectivity index (χ4v) is 4.40. The predicted molar refractivity (Wildman–Crippen MR) is 133 cm³/mol. The zero-order valence-electron chi connectivity index (χ0n) is 17.9. The maximum atomic E-state index is 2.29. The molecule has 0 aromatic heterocycles. The lowest BCUT2D eigenvalue weighted by Gasteiger charge is -2.33. The lowest BCUT2D eigenvalue weighted by molar-refractivity contribution is 0.768. The molecule has 0 spiro atoms. The largest absolute Gasteiger partial charge is 0.0776 e. The first-order valence-electron chi connectivity index (χ1n) is 10.7. The second kappa shape index (κ2) is 10.6. The molecule has 0 N–H and O–H groups in total. The van der Waals surface area contributed by atoms with Gasteiger partial charge in [-0.3, -0.25) is 0 Å². The Morgan fingerprint density at radius 2 is 0.700 bits per heavy atom. The normalized spacial score (nSPS) is 12.0. The average Bonchev–Trinajstić information content (AvgIpc) is 3.14. The summed E-state index contributed by atoms with van der Waals surface area (Å²) in [6.45, 7) is 8.00. The third-order valence-corrected chi connectivity index (χ3v) is 5.37. The van der Waals surface area contributed by atoms with Crippen molar-refractivity contribution >= 4 is 0 Å². The summed E-state index contributed by atoms with van der Waals surface area (Å²) in [5.41, 5.74) is 7.80. The molecule has 0 aliphatic heterocycles. The number of benzene rings is 4. The van der Waals surface area contributed by atoms with E-state index >= 15 is 0 Å². The van der Waals surface area contributed by atoms with Crippen molar-refractivity contribution in [2.45, 2.75) is 40.5 Å². The summed E-state index contributed by atoms with van der Waals surface area (Å²) in [5, 5.41) is 0. The first kappa shape index (κ1) is 23.2. The molecule has 1 aliphatic rings. The van der Waals surface area contributed by atoms with Gasteiger partial charge in [-0.05, 0) is 33.4 Å². The summed E-state index contributed by atoms with van der Waals surface area (Å²) in [7, 11) is 0. The first-order chi connectivity index (χ1) is 14.4. The molecule has 4 aromatic rings. The summed E-state index contributed by atoms with van der Waals surface area (Å²) in [6.07, 6.45) is 0. The summed E-state index contributed by atoms with van der Waals surface area (Å²) >= 11 is 0. The zero-order chi connectivity index (χ0) is 20.7. The molecular formula is C30H34. The molecule has 154 valence electrons. The van der Waals surface area contributed by atoms with E-state index in [2.05, 4.69) is 109 Å². The minimum Gasteiger partial charge on any atom is -0.0776 e. The maximum Gasteiger partial charge on any atom is 0.0713 e. The van der Waals surface area contributed by atoms with E-state index in [0.717, 1.165) is 0 Å². The standard InChI is InChI=1S/C25H18.2C2H6.CH4/c1-3-11-19(12-4-1)25(20-13-5-2-6-14-20)23-17-9-7-15-21(23)22-16-8-10-18-24(22)25;2*1-2;/h1-18H;2*1-2H3;1H4. The highest BCUT2D eigenvalue weighted by Gasteiger charge is 2.45. The van der Waals surface area contributed by atoms with Gasteiger partial charge in [0.2, 0.25) is 0 Å². The van der Waals surface area contributed by atoms with Gasteiger partial charge in [0.15, 0.2) is 0 Å². The Kier molecular flexibility index (Phi) is 8.18. The average molecular weight is 395 g/mol. The molecule has 0 radical (unpaired) electrons. The third-order valence-electron chi connectivity index (χ3n) is 5.37. The van der Waals surface area contributed by atoms with Crippen molar-refractivity contribution < 1.29 is 0 Å². The van der Waals surface area contributed by atoms with Gasteiger partial charge in [-0.1, -0.05) is 144 Å². The minimum atomic E-state index is -0.254. The maximum absolute atomic E-state index is 2.29. The van der Waals surface area contributed by atoms with Crippen LogP contribution in [0.25, 0.3) is 11.1 Å². The molecule has 0 saturated heterocycles. The molecule has 0 unspecified atom stereocenters. The van der Waals surface area contributed by atoms with E-state index in [4.69, 9.17) is 0 Å². The van der Waals surface area contributed by atoms with Crippen LogP contribution < -0.4 is 0 Å². The van der Waals surface area contributed by atoms with Gasteiger partial charge in [-0.2, -0.15) is 0 Å². The zero-order valence-corrected chi connectivity index (χ0v) is 17.9. The summed E-state index contributed by atoms with van der Waals surface area (Å²) < 4.78 is 0. The van der Waals surface area contributed by atoms with E-state index in [1.165, 1.54) is 33.4 Å². The molecule has 30 heavy (non-hydrogen) atoms. The molecule has 0 saturated carbocycles. The van der Waals surface area contributed by atoms with Crippen LogP contribution in [0.15, 0.2) is 109 Å². The van der Waals surface area contributed by atoms with Crippen LogP contribution in [0.5, 0.6) is 0 Å². The topological polar surface area (TPSA) is 0 Å². The molecule has 0 heteroatoms. The van der Waals surface area contributed by atoms with Gasteiger partial charge in [-0.25, -0.2) is 0 Å². The molecule has 4 aromatic carbocycles. The van der Waals surface area contributed by atoms with E-state index in [0.29, 0.717) is 0 Å². The molecule has 1 aliphatic carbocycles. The van der Waals surface area contributed by atoms with Crippen LogP contribution in [0.1, 0.15) is 57.4 Å². The highest BCUT2D eigenvalue weighted by atomic mass is 14.5. The van der Waals surface area contributed by atoms with Gasteiger partial charge >= 0.3 is 0 Å². The molecule has 5 rings (SSSR count).